The van der Waals surface area contributed by atoms with Crippen LogP contribution in [-0.4, -0.2) is 26.2 Å². The van der Waals surface area contributed by atoms with Crippen LogP contribution in [0.25, 0.3) is 0 Å². The average molecular weight is 341 g/mol. The van der Waals surface area contributed by atoms with E-state index in [0.29, 0.717) is 0 Å². The molecule has 2 nitrogen and oxygen atoms in total. The fourth-order valence-electron chi connectivity index (χ4n) is 3.26. The Morgan fingerprint density at radius 2 is 0.750 bits per heavy atom. The summed E-state index contributed by atoms with van der Waals surface area (Å²) in [6, 6.07) is 0. The van der Waals surface area contributed by atoms with Crippen molar-refractivity contribution in [1.29, 1.82) is 0 Å². The molecule has 0 aliphatic heterocycles. The van der Waals surface area contributed by atoms with Gasteiger partial charge in [0.1, 0.15) is 0 Å². The van der Waals surface area contributed by atoms with Crippen molar-refractivity contribution in [3.63, 3.8) is 0 Å². The Morgan fingerprint density at radius 1 is 0.375 bits per heavy atom. The van der Waals surface area contributed by atoms with Crippen molar-refractivity contribution in [2.75, 3.05) is 26.2 Å². The van der Waals surface area contributed by atoms with Crippen molar-refractivity contribution < 1.29 is 0 Å². The third kappa shape index (κ3) is 21.9. The number of hydrogen-bond acceptors (Lipinski definition) is 2. The van der Waals surface area contributed by atoms with Crippen molar-refractivity contribution >= 4 is 0 Å². The summed E-state index contributed by atoms with van der Waals surface area (Å²) in [7, 11) is 0. The molecule has 0 aliphatic carbocycles. The summed E-state index contributed by atoms with van der Waals surface area (Å²) in [6.45, 7) is 9.10. The van der Waals surface area contributed by atoms with Crippen molar-refractivity contribution in [1.82, 2.24) is 10.6 Å². The number of rotatable bonds is 21. The molecule has 0 bridgehead atoms. The Balaban J connectivity index is 2.93. The van der Waals surface area contributed by atoms with Crippen LogP contribution in [0.15, 0.2) is 0 Å². The smallest absolute Gasteiger partial charge is 0.00368 e. The van der Waals surface area contributed by atoms with Crippen LogP contribution in [0, 0.1) is 0 Å². The summed E-state index contributed by atoms with van der Waals surface area (Å²) in [5.74, 6) is 0. The average Bonchev–Trinajstić information content (AvgIpc) is 2.60. The minimum atomic E-state index is 1.10. The summed E-state index contributed by atoms with van der Waals surface area (Å²) in [5.41, 5.74) is 0. The van der Waals surface area contributed by atoms with Crippen LogP contribution >= 0.6 is 0 Å². The van der Waals surface area contributed by atoms with Gasteiger partial charge in [-0.1, -0.05) is 104 Å². The molecule has 0 atom stereocenters. The second-order valence-corrected chi connectivity index (χ2v) is 7.41. The molecule has 0 fully saturated rings. The third-order valence-electron chi connectivity index (χ3n) is 4.91. The van der Waals surface area contributed by atoms with E-state index in [9.17, 15) is 0 Å². The summed E-state index contributed by atoms with van der Waals surface area (Å²) in [6.07, 6.45) is 23.0. The van der Waals surface area contributed by atoms with E-state index in [1.165, 1.54) is 116 Å². The van der Waals surface area contributed by atoms with E-state index in [-0.39, 0.29) is 0 Å². The highest BCUT2D eigenvalue weighted by atomic mass is 14.9. The first-order valence-corrected chi connectivity index (χ1v) is 11.3. The summed E-state index contributed by atoms with van der Waals surface area (Å²) in [5, 5.41) is 6.92. The Hall–Kier alpha value is -0.0800. The molecule has 0 unspecified atom stereocenters. The van der Waals surface area contributed by atoms with Crippen LogP contribution in [0.2, 0.25) is 0 Å². The molecule has 0 spiro atoms. The standard InChI is InChI=1S/C22H48N2/c1-3-5-6-7-8-9-10-11-12-13-14-15-16-17-18-20-24-22-19-21-23-4-2/h23-24H,3-22H2,1-2H3. The highest BCUT2D eigenvalue weighted by Gasteiger charge is 1.94. The molecule has 146 valence electrons. The molecule has 0 aromatic carbocycles. The third-order valence-corrected chi connectivity index (χ3v) is 4.91. The number of hydrogen-bond donors (Lipinski definition) is 2. The first kappa shape index (κ1) is 23.9. The molecule has 0 heterocycles. The lowest BCUT2D eigenvalue weighted by atomic mass is 10.0. The second-order valence-electron chi connectivity index (χ2n) is 7.41. The molecule has 0 saturated carbocycles. The zero-order chi connectivity index (χ0) is 17.6. The van der Waals surface area contributed by atoms with Crippen LogP contribution in [0.1, 0.15) is 117 Å². The summed E-state index contributed by atoms with van der Waals surface area (Å²) in [4.78, 5) is 0. The van der Waals surface area contributed by atoms with Crippen LogP contribution in [0.4, 0.5) is 0 Å². The predicted molar refractivity (Wildman–Crippen MR) is 111 cm³/mol. The molecule has 0 rings (SSSR count). The summed E-state index contributed by atoms with van der Waals surface area (Å²) < 4.78 is 0. The minimum absolute atomic E-state index is 1.10. The van der Waals surface area contributed by atoms with Crippen LogP contribution in [0.5, 0.6) is 0 Å². The fraction of sp³-hybridized carbons (Fsp3) is 1.00. The molecule has 0 aromatic heterocycles. The van der Waals surface area contributed by atoms with Gasteiger partial charge in [0.25, 0.3) is 0 Å². The van der Waals surface area contributed by atoms with Gasteiger partial charge in [-0.15, -0.1) is 0 Å². The Kier molecular flexibility index (Phi) is 22.8. The van der Waals surface area contributed by atoms with Gasteiger partial charge in [0.05, 0.1) is 0 Å². The van der Waals surface area contributed by atoms with Gasteiger partial charge in [-0.05, 0) is 39.0 Å². The molecular weight excluding hydrogens is 292 g/mol. The van der Waals surface area contributed by atoms with Crippen LogP contribution in [-0.2, 0) is 0 Å². The van der Waals surface area contributed by atoms with Gasteiger partial charge in [-0.25, -0.2) is 0 Å². The van der Waals surface area contributed by atoms with E-state index in [1.54, 1.807) is 0 Å². The Labute approximate surface area is 154 Å². The fourth-order valence-corrected chi connectivity index (χ4v) is 3.26. The lowest BCUT2D eigenvalue weighted by molar-refractivity contribution is 0.525. The highest BCUT2D eigenvalue weighted by molar-refractivity contribution is 4.53. The topological polar surface area (TPSA) is 24.1 Å². The zero-order valence-corrected chi connectivity index (χ0v) is 17.1. The largest absolute Gasteiger partial charge is 0.317 e. The van der Waals surface area contributed by atoms with Gasteiger partial charge in [0.2, 0.25) is 0 Å². The van der Waals surface area contributed by atoms with E-state index in [2.05, 4.69) is 24.5 Å². The molecule has 2 heteroatoms. The van der Waals surface area contributed by atoms with Crippen molar-refractivity contribution in [2.45, 2.75) is 117 Å². The Morgan fingerprint density at radius 3 is 1.21 bits per heavy atom. The number of nitrogens with one attached hydrogen (secondary N) is 2. The van der Waals surface area contributed by atoms with Gasteiger partial charge in [0.15, 0.2) is 0 Å². The minimum Gasteiger partial charge on any atom is -0.317 e. The molecule has 0 saturated heterocycles. The summed E-state index contributed by atoms with van der Waals surface area (Å²) >= 11 is 0. The van der Waals surface area contributed by atoms with Gasteiger partial charge >= 0.3 is 0 Å². The molecule has 24 heavy (non-hydrogen) atoms. The Bertz CT molecular complexity index is 184. The molecular formula is C22H48N2. The SMILES string of the molecule is CCCCCCCCCCCCCCCCCNCCCNCC. The lowest BCUT2D eigenvalue weighted by Crippen LogP contribution is -2.22. The number of unbranched alkanes of at least 4 members (excludes halogenated alkanes) is 14. The van der Waals surface area contributed by atoms with Gasteiger partial charge < -0.3 is 10.6 Å². The van der Waals surface area contributed by atoms with Crippen molar-refractivity contribution in [3.05, 3.63) is 0 Å². The van der Waals surface area contributed by atoms with Crippen LogP contribution in [0.3, 0.4) is 0 Å². The monoisotopic (exact) mass is 340 g/mol. The van der Waals surface area contributed by atoms with E-state index in [0.717, 1.165) is 13.1 Å². The highest BCUT2D eigenvalue weighted by Crippen LogP contribution is 2.13. The van der Waals surface area contributed by atoms with Gasteiger partial charge in [0, 0.05) is 0 Å². The van der Waals surface area contributed by atoms with E-state index in [4.69, 9.17) is 0 Å². The van der Waals surface area contributed by atoms with Gasteiger partial charge in [-0.3, -0.25) is 0 Å². The van der Waals surface area contributed by atoms with Gasteiger partial charge in [-0.2, -0.15) is 0 Å². The van der Waals surface area contributed by atoms with E-state index >= 15 is 0 Å². The predicted octanol–water partition coefficient (Wildman–Crippen LogP) is 6.45. The van der Waals surface area contributed by atoms with E-state index < -0.39 is 0 Å². The first-order chi connectivity index (χ1) is 11.9. The lowest BCUT2D eigenvalue weighted by Gasteiger charge is -2.05. The maximum atomic E-state index is 3.55. The molecule has 0 aliphatic rings. The molecule has 2 N–H and O–H groups in total. The zero-order valence-electron chi connectivity index (χ0n) is 17.1. The normalized spacial score (nSPS) is 11.2. The molecule has 0 amide bonds. The first-order valence-electron chi connectivity index (χ1n) is 11.3. The van der Waals surface area contributed by atoms with Crippen molar-refractivity contribution in [2.24, 2.45) is 0 Å². The maximum Gasteiger partial charge on any atom is -0.00368 e. The molecule has 0 radical (unpaired) electrons. The van der Waals surface area contributed by atoms with Crippen LogP contribution < -0.4 is 10.6 Å². The second kappa shape index (κ2) is 22.9. The van der Waals surface area contributed by atoms with Crippen molar-refractivity contribution in [3.8, 4) is 0 Å². The quantitative estimate of drug-likeness (QED) is 0.235. The maximum absolute atomic E-state index is 3.55. The van der Waals surface area contributed by atoms with E-state index in [1.807, 2.05) is 0 Å². The molecule has 0 aromatic rings.